The van der Waals surface area contributed by atoms with Gasteiger partial charge in [0.1, 0.15) is 0 Å². The van der Waals surface area contributed by atoms with Crippen molar-refractivity contribution in [3.8, 4) is 6.07 Å². The van der Waals surface area contributed by atoms with Crippen molar-refractivity contribution in [1.82, 2.24) is 0 Å². The molecule has 0 atom stereocenters. The minimum atomic E-state index is 0.362. The molecule has 2 saturated carbocycles. The number of methoxy groups -OCH3 is 1. The first-order valence-electron chi connectivity index (χ1n) is 8.20. The van der Waals surface area contributed by atoms with Gasteiger partial charge >= 0.3 is 0 Å². The molecule has 0 heterocycles. The van der Waals surface area contributed by atoms with Crippen molar-refractivity contribution >= 4 is 0 Å². The van der Waals surface area contributed by atoms with E-state index in [1.165, 1.54) is 51.4 Å². The Morgan fingerprint density at radius 1 is 0.842 bits per heavy atom. The fraction of sp³-hybridized carbons (Fsp3) is 0.941. The summed E-state index contributed by atoms with van der Waals surface area (Å²) in [7, 11) is 1.82. The highest BCUT2D eigenvalue weighted by molar-refractivity contribution is 4.87. The van der Waals surface area contributed by atoms with E-state index in [1.54, 1.807) is 0 Å². The summed E-state index contributed by atoms with van der Waals surface area (Å²) in [6, 6.07) is 2.43. The Hall–Kier alpha value is -0.550. The molecule has 2 fully saturated rings. The molecule has 0 saturated heterocycles. The van der Waals surface area contributed by atoms with Gasteiger partial charge in [0, 0.05) is 19.6 Å². The van der Waals surface area contributed by atoms with Crippen LogP contribution in [0.15, 0.2) is 0 Å². The second-order valence-corrected chi connectivity index (χ2v) is 6.77. The predicted octanol–water partition coefficient (Wildman–Crippen LogP) is 4.55. The van der Waals surface area contributed by atoms with Crippen molar-refractivity contribution in [2.24, 2.45) is 23.7 Å². The van der Waals surface area contributed by atoms with Crippen LogP contribution in [0.1, 0.15) is 64.2 Å². The van der Waals surface area contributed by atoms with Crippen molar-refractivity contribution in [3.63, 3.8) is 0 Å². The molecule has 0 radical (unpaired) electrons. The van der Waals surface area contributed by atoms with Crippen LogP contribution in [0.25, 0.3) is 0 Å². The van der Waals surface area contributed by atoms with Gasteiger partial charge in [-0.1, -0.05) is 25.7 Å². The lowest BCUT2D eigenvalue weighted by Gasteiger charge is -2.30. The van der Waals surface area contributed by atoms with Crippen molar-refractivity contribution in [2.45, 2.75) is 64.2 Å². The van der Waals surface area contributed by atoms with Gasteiger partial charge in [0.15, 0.2) is 0 Å². The fourth-order valence-corrected chi connectivity index (χ4v) is 3.97. The Kier molecular flexibility index (Phi) is 6.17. The van der Waals surface area contributed by atoms with Gasteiger partial charge in [-0.15, -0.1) is 0 Å². The summed E-state index contributed by atoms with van der Waals surface area (Å²) >= 11 is 0. The Morgan fingerprint density at radius 2 is 1.32 bits per heavy atom. The van der Waals surface area contributed by atoms with E-state index in [0.717, 1.165) is 37.2 Å². The highest BCUT2D eigenvalue weighted by Gasteiger charge is 2.24. The van der Waals surface area contributed by atoms with Crippen LogP contribution in [-0.4, -0.2) is 13.7 Å². The molecule has 0 bridgehead atoms. The van der Waals surface area contributed by atoms with Crippen LogP contribution >= 0.6 is 0 Å². The number of hydrogen-bond donors (Lipinski definition) is 0. The smallest absolute Gasteiger partial charge is 0.0655 e. The molecule has 0 unspecified atom stereocenters. The molecule has 0 aliphatic heterocycles. The molecule has 108 valence electrons. The lowest BCUT2D eigenvalue weighted by Crippen LogP contribution is -2.19. The van der Waals surface area contributed by atoms with Gasteiger partial charge < -0.3 is 4.74 Å². The van der Waals surface area contributed by atoms with Crippen molar-refractivity contribution in [3.05, 3.63) is 0 Å². The highest BCUT2D eigenvalue weighted by Crippen LogP contribution is 2.36. The largest absolute Gasteiger partial charge is 0.384 e. The SMILES string of the molecule is COCC1CCC(CCC2CCC(C#N)CC2)CC1. The van der Waals surface area contributed by atoms with Gasteiger partial charge in [-0.25, -0.2) is 0 Å². The molecule has 0 spiro atoms. The van der Waals surface area contributed by atoms with Crippen molar-refractivity contribution in [1.29, 1.82) is 5.26 Å². The molecule has 2 heteroatoms. The molecule has 2 nitrogen and oxygen atoms in total. The Morgan fingerprint density at radius 3 is 1.79 bits per heavy atom. The van der Waals surface area contributed by atoms with E-state index >= 15 is 0 Å². The fourth-order valence-electron chi connectivity index (χ4n) is 3.97. The first-order chi connectivity index (χ1) is 9.31. The van der Waals surface area contributed by atoms with Gasteiger partial charge in [-0.2, -0.15) is 5.26 Å². The lowest BCUT2D eigenvalue weighted by atomic mass is 9.76. The van der Waals surface area contributed by atoms with Gasteiger partial charge in [0.25, 0.3) is 0 Å². The van der Waals surface area contributed by atoms with Crippen molar-refractivity contribution < 1.29 is 4.74 Å². The Bertz CT molecular complexity index is 280. The second kappa shape index (κ2) is 7.90. The average molecular weight is 263 g/mol. The number of ether oxygens (including phenoxy) is 1. The summed E-state index contributed by atoms with van der Waals surface area (Å²) in [5.41, 5.74) is 0. The van der Waals surface area contributed by atoms with E-state index < -0.39 is 0 Å². The summed E-state index contributed by atoms with van der Waals surface area (Å²) in [5.74, 6) is 3.08. The van der Waals surface area contributed by atoms with Crippen LogP contribution < -0.4 is 0 Å². The zero-order chi connectivity index (χ0) is 13.5. The third kappa shape index (κ3) is 4.80. The molecule has 0 amide bonds. The molecule has 0 aromatic carbocycles. The van der Waals surface area contributed by atoms with Gasteiger partial charge in [-0.05, 0) is 56.3 Å². The molecule has 0 N–H and O–H groups in total. The van der Waals surface area contributed by atoms with Crippen LogP contribution in [0.2, 0.25) is 0 Å². The molecular weight excluding hydrogens is 234 g/mol. The van der Waals surface area contributed by atoms with E-state index in [4.69, 9.17) is 10.00 Å². The van der Waals surface area contributed by atoms with Crippen molar-refractivity contribution in [2.75, 3.05) is 13.7 Å². The summed E-state index contributed by atoms with van der Waals surface area (Å²) in [6.07, 6.45) is 13.3. The first-order valence-corrected chi connectivity index (χ1v) is 8.20. The first kappa shape index (κ1) is 14.9. The summed E-state index contributed by atoms with van der Waals surface area (Å²) < 4.78 is 5.27. The van der Waals surface area contributed by atoms with E-state index in [9.17, 15) is 0 Å². The van der Waals surface area contributed by atoms with Crippen LogP contribution in [0.5, 0.6) is 0 Å². The monoisotopic (exact) mass is 263 g/mol. The molecule has 19 heavy (non-hydrogen) atoms. The van der Waals surface area contributed by atoms with Gasteiger partial charge in [-0.3, -0.25) is 0 Å². The van der Waals surface area contributed by atoms with Gasteiger partial charge in [0.05, 0.1) is 6.07 Å². The molecule has 0 aromatic rings. The van der Waals surface area contributed by atoms with E-state index in [-0.39, 0.29) is 0 Å². The maximum atomic E-state index is 8.92. The third-order valence-corrected chi connectivity index (χ3v) is 5.38. The predicted molar refractivity (Wildman–Crippen MR) is 77.6 cm³/mol. The normalized spacial score (nSPS) is 35.8. The molecule has 2 aliphatic rings. The Labute approximate surface area is 118 Å². The van der Waals surface area contributed by atoms with Crippen LogP contribution in [0.3, 0.4) is 0 Å². The van der Waals surface area contributed by atoms with Gasteiger partial charge in [0.2, 0.25) is 0 Å². The summed E-state index contributed by atoms with van der Waals surface area (Å²) in [6.45, 7) is 0.963. The van der Waals surface area contributed by atoms with Crippen LogP contribution in [0.4, 0.5) is 0 Å². The third-order valence-electron chi connectivity index (χ3n) is 5.38. The van der Waals surface area contributed by atoms with Crippen LogP contribution in [0, 0.1) is 35.0 Å². The standard InChI is InChI=1S/C17H29NO/c1-19-13-17-10-6-15(7-11-17)3-2-14-4-8-16(12-18)9-5-14/h14-17H,2-11,13H2,1H3. The maximum Gasteiger partial charge on any atom is 0.0655 e. The zero-order valence-electron chi connectivity index (χ0n) is 12.4. The Balaban J connectivity index is 1.58. The molecular formula is C17H29NO. The number of hydrogen-bond acceptors (Lipinski definition) is 2. The van der Waals surface area contributed by atoms with Crippen LogP contribution in [-0.2, 0) is 4.74 Å². The molecule has 2 aliphatic carbocycles. The maximum absolute atomic E-state index is 8.92. The van der Waals surface area contributed by atoms with E-state index in [1.807, 2.05) is 7.11 Å². The number of nitrogens with zero attached hydrogens (tertiary/aromatic N) is 1. The van der Waals surface area contributed by atoms with E-state index in [0.29, 0.717) is 5.92 Å². The minimum absolute atomic E-state index is 0.362. The summed E-state index contributed by atoms with van der Waals surface area (Å²) in [4.78, 5) is 0. The van der Waals surface area contributed by atoms with E-state index in [2.05, 4.69) is 6.07 Å². The number of rotatable bonds is 5. The highest BCUT2D eigenvalue weighted by atomic mass is 16.5. The molecule has 0 aromatic heterocycles. The molecule has 2 rings (SSSR count). The average Bonchev–Trinajstić information content (AvgIpc) is 2.47. The quantitative estimate of drug-likeness (QED) is 0.729. The topological polar surface area (TPSA) is 33.0 Å². The zero-order valence-corrected chi connectivity index (χ0v) is 12.4. The number of nitriles is 1. The second-order valence-electron chi connectivity index (χ2n) is 6.77. The minimum Gasteiger partial charge on any atom is -0.384 e. The lowest BCUT2D eigenvalue weighted by molar-refractivity contribution is 0.115. The summed E-state index contributed by atoms with van der Waals surface area (Å²) in [5, 5.41) is 8.92.